The first-order chi connectivity index (χ1) is 8.78. The molecule has 4 heteroatoms. The highest BCUT2D eigenvalue weighted by Crippen LogP contribution is 2.21. The van der Waals surface area contributed by atoms with E-state index in [-0.39, 0.29) is 0 Å². The smallest absolute Gasteiger partial charge is 0.145 e. The topological polar surface area (TPSA) is 47.1 Å². The molecule has 0 saturated carbocycles. The Kier molecular flexibility index (Phi) is 5.05. The summed E-state index contributed by atoms with van der Waals surface area (Å²) in [6.07, 6.45) is 8.67. The van der Waals surface area contributed by atoms with Crippen molar-refractivity contribution in [1.82, 2.24) is 14.7 Å². The fourth-order valence-corrected chi connectivity index (χ4v) is 2.87. The minimum absolute atomic E-state index is 0.621. The fraction of sp³-hybridized carbons (Fsp3) is 0.786. The van der Waals surface area contributed by atoms with Gasteiger partial charge in [-0.3, -0.25) is 4.68 Å². The van der Waals surface area contributed by atoms with Gasteiger partial charge in [0.1, 0.15) is 5.82 Å². The number of nitrogens with zero attached hydrogens (tertiary/aromatic N) is 3. The molecule has 0 aromatic carbocycles. The third kappa shape index (κ3) is 4.02. The van der Waals surface area contributed by atoms with Crippen molar-refractivity contribution in [2.24, 2.45) is 5.92 Å². The van der Waals surface area contributed by atoms with Gasteiger partial charge in [-0.05, 0) is 50.9 Å². The summed E-state index contributed by atoms with van der Waals surface area (Å²) in [5, 5.41) is 4.21. The molecule has 1 aromatic rings. The monoisotopic (exact) mass is 250 g/mol. The van der Waals surface area contributed by atoms with Crippen molar-refractivity contribution >= 4 is 5.82 Å². The Hall–Kier alpha value is -1.03. The molecule has 1 aromatic heterocycles. The molecule has 0 amide bonds. The van der Waals surface area contributed by atoms with Gasteiger partial charge in [0, 0.05) is 12.7 Å². The number of nitrogens with two attached hydrogens (primary N) is 1. The maximum absolute atomic E-state index is 5.59. The SMILES string of the molecule is CCCC1CCN(CCCn2ccc(N)n2)CC1. The van der Waals surface area contributed by atoms with Gasteiger partial charge in [-0.15, -0.1) is 0 Å². The molecule has 1 saturated heterocycles. The summed E-state index contributed by atoms with van der Waals surface area (Å²) in [4.78, 5) is 2.60. The zero-order chi connectivity index (χ0) is 12.8. The van der Waals surface area contributed by atoms with Crippen LogP contribution in [0.4, 0.5) is 5.82 Å². The molecule has 0 radical (unpaired) electrons. The van der Waals surface area contributed by atoms with Gasteiger partial charge in [-0.1, -0.05) is 19.8 Å². The van der Waals surface area contributed by atoms with Gasteiger partial charge in [0.2, 0.25) is 0 Å². The Labute approximate surface area is 110 Å². The van der Waals surface area contributed by atoms with Gasteiger partial charge >= 0.3 is 0 Å². The molecule has 0 aliphatic carbocycles. The summed E-state index contributed by atoms with van der Waals surface area (Å²) >= 11 is 0. The fourth-order valence-electron chi connectivity index (χ4n) is 2.87. The summed E-state index contributed by atoms with van der Waals surface area (Å²) in [6.45, 7) is 7.03. The van der Waals surface area contributed by atoms with E-state index >= 15 is 0 Å². The molecule has 1 fully saturated rings. The molecule has 2 heterocycles. The largest absolute Gasteiger partial charge is 0.382 e. The first-order valence-electron chi connectivity index (χ1n) is 7.29. The lowest BCUT2D eigenvalue weighted by atomic mass is 9.92. The molecule has 2 rings (SSSR count). The quantitative estimate of drug-likeness (QED) is 0.843. The number of nitrogen functional groups attached to an aromatic ring is 1. The van der Waals surface area contributed by atoms with E-state index in [1.165, 1.54) is 51.7 Å². The second kappa shape index (κ2) is 6.78. The van der Waals surface area contributed by atoms with E-state index in [4.69, 9.17) is 5.73 Å². The van der Waals surface area contributed by atoms with Crippen LogP contribution in [0.15, 0.2) is 12.3 Å². The average Bonchev–Trinajstić information content (AvgIpc) is 2.78. The van der Waals surface area contributed by atoms with E-state index in [0.717, 1.165) is 12.5 Å². The van der Waals surface area contributed by atoms with Crippen molar-refractivity contribution in [1.29, 1.82) is 0 Å². The zero-order valence-electron chi connectivity index (χ0n) is 11.5. The minimum Gasteiger partial charge on any atom is -0.382 e. The van der Waals surface area contributed by atoms with E-state index in [9.17, 15) is 0 Å². The molecule has 1 aliphatic heterocycles. The molecule has 2 N–H and O–H groups in total. The summed E-state index contributed by atoms with van der Waals surface area (Å²) in [5.41, 5.74) is 5.59. The van der Waals surface area contributed by atoms with Crippen LogP contribution < -0.4 is 5.73 Å². The van der Waals surface area contributed by atoms with Gasteiger partial charge in [0.15, 0.2) is 0 Å². The second-order valence-corrected chi connectivity index (χ2v) is 5.43. The Morgan fingerprint density at radius 2 is 2.11 bits per heavy atom. The number of piperidine rings is 1. The third-order valence-electron chi connectivity index (χ3n) is 3.93. The average molecular weight is 250 g/mol. The lowest BCUT2D eigenvalue weighted by molar-refractivity contribution is 0.174. The van der Waals surface area contributed by atoms with E-state index < -0.39 is 0 Å². The van der Waals surface area contributed by atoms with Crippen molar-refractivity contribution in [3.63, 3.8) is 0 Å². The molecular formula is C14H26N4. The minimum atomic E-state index is 0.621. The predicted molar refractivity (Wildman–Crippen MR) is 75.3 cm³/mol. The van der Waals surface area contributed by atoms with Crippen molar-refractivity contribution in [3.05, 3.63) is 12.3 Å². The van der Waals surface area contributed by atoms with Crippen LogP contribution in [-0.2, 0) is 6.54 Å². The van der Waals surface area contributed by atoms with Crippen LogP contribution in [0.2, 0.25) is 0 Å². The zero-order valence-corrected chi connectivity index (χ0v) is 11.5. The van der Waals surface area contributed by atoms with Gasteiger partial charge in [-0.2, -0.15) is 5.10 Å². The van der Waals surface area contributed by atoms with Crippen molar-refractivity contribution in [2.45, 2.75) is 45.6 Å². The van der Waals surface area contributed by atoms with E-state index in [0.29, 0.717) is 5.82 Å². The summed E-state index contributed by atoms with van der Waals surface area (Å²) in [5.74, 6) is 1.60. The molecular weight excluding hydrogens is 224 g/mol. The Balaban J connectivity index is 1.60. The molecule has 1 aliphatic rings. The van der Waals surface area contributed by atoms with Gasteiger partial charge in [0.05, 0.1) is 0 Å². The number of aromatic nitrogens is 2. The van der Waals surface area contributed by atoms with Crippen molar-refractivity contribution < 1.29 is 0 Å². The predicted octanol–water partition coefficient (Wildman–Crippen LogP) is 2.37. The molecule has 4 nitrogen and oxygen atoms in total. The number of likely N-dealkylation sites (tertiary alicyclic amines) is 1. The molecule has 0 atom stereocenters. The molecule has 0 unspecified atom stereocenters. The van der Waals surface area contributed by atoms with Crippen LogP contribution in [0, 0.1) is 5.92 Å². The summed E-state index contributed by atoms with van der Waals surface area (Å²) in [6, 6.07) is 1.86. The van der Waals surface area contributed by atoms with Crippen LogP contribution in [-0.4, -0.2) is 34.3 Å². The van der Waals surface area contributed by atoms with Crippen LogP contribution in [0.1, 0.15) is 39.0 Å². The normalized spacial score (nSPS) is 18.3. The summed E-state index contributed by atoms with van der Waals surface area (Å²) < 4.78 is 1.94. The molecule has 102 valence electrons. The second-order valence-electron chi connectivity index (χ2n) is 5.43. The van der Waals surface area contributed by atoms with Crippen molar-refractivity contribution in [2.75, 3.05) is 25.4 Å². The van der Waals surface area contributed by atoms with Crippen LogP contribution >= 0.6 is 0 Å². The van der Waals surface area contributed by atoms with Gasteiger partial charge in [-0.25, -0.2) is 0 Å². The maximum Gasteiger partial charge on any atom is 0.145 e. The Bertz CT molecular complexity index is 339. The lowest BCUT2D eigenvalue weighted by Gasteiger charge is -2.31. The van der Waals surface area contributed by atoms with Gasteiger partial charge < -0.3 is 10.6 Å². The van der Waals surface area contributed by atoms with Crippen LogP contribution in [0.5, 0.6) is 0 Å². The van der Waals surface area contributed by atoms with Gasteiger partial charge in [0.25, 0.3) is 0 Å². The number of rotatable bonds is 6. The third-order valence-corrected chi connectivity index (χ3v) is 3.93. The first-order valence-corrected chi connectivity index (χ1v) is 7.29. The number of hydrogen-bond donors (Lipinski definition) is 1. The first kappa shape index (κ1) is 13.4. The number of aryl methyl sites for hydroxylation is 1. The molecule has 18 heavy (non-hydrogen) atoms. The van der Waals surface area contributed by atoms with Crippen LogP contribution in [0.25, 0.3) is 0 Å². The Morgan fingerprint density at radius 1 is 1.33 bits per heavy atom. The summed E-state index contributed by atoms with van der Waals surface area (Å²) in [7, 11) is 0. The lowest BCUT2D eigenvalue weighted by Crippen LogP contribution is -2.34. The van der Waals surface area contributed by atoms with E-state index in [1.807, 2.05) is 16.9 Å². The molecule has 0 spiro atoms. The van der Waals surface area contributed by atoms with Crippen molar-refractivity contribution in [3.8, 4) is 0 Å². The molecule has 0 bridgehead atoms. The maximum atomic E-state index is 5.59. The van der Waals surface area contributed by atoms with E-state index in [1.54, 1.807) is 0 Å². The van der Waals surface area contributed by atoms with E-state index in [2.05, 4.69) is 16.9 Å². The Morgan fingerprint density at radius 3 is 2.72 bits per heavy atom. The van der Waals surface area contributed by atoms with Crippen LogP contribution in [0.3, 0.4) is 0 Å². The highest BCUT2D eigenvalue weighted by atomic mass is 15.3. The number of hydrogen-bond acceptors (Lipinski definition) is 3. The highest BCUT2D eigenvalue weighted by Gasteiger charge is 2.17. The highest BCUT2D eigenvalue weighted by molar-refractivity contribution is 5.23. The number of anilines is 1. The standard InChI is InChI=1S/C14H26N4/c1-2-4-13-5-10-17(11-6-13)8-3-9-18-12-7-14(15)16-18/h7,12-13H,2-6,8-11H2,1H3,(H2,15,16).